The largest absolute Gasteiger partial charge is 0.497 e. The Morgan fingerprint density at radius 3 is 2.23 bits per heavy atom. The Morgan fingerprint density at radius 2 is 1.69 bits per heavy atom. The molecule has 0 N–H and O–H groups in total. The number of hydrogen-bond acceptors (Lipinski definition) is 6. The molecule has 0 spiro atoms. The van der Waals surface area contributed by atoms with E-state index in [1.54, 1.807) is 20.1 Å². The van der Waals surface area contributed by atoms with Gasteiger partial charge in [-0.05, 0) is 17.7 Å². The van der Waals surface area contributed by atoms with Crippen LogP contribution in [0.4, 0.5) is 5.69 Å². The zero-order chi connectivity index (χ0) is 19.1. The summed E-state index contributed by atoms with van der Waals surface area (Å²) in [6, 6.07) is 8.96. The molecule has 7 heteroatoms. The van der Waals surface area contributed by atoms with Crippen molar-refractivity contribution in [2.24, 2.45) is 0 Å². The fourth-order valence-corrected chi connectivity index (χ4v) is 2.42. The van der Waals surface area contributed by atoms with E-state index in [0.717, 1.165) is 11.3 Å². The maximum atomic E-state index is 12.6. The summed E-state index contributed by atoms with van der Waals surface area (Å²) < 4.78 is 15.2. The molecule has 1 aromatic carbocycles. The van der Waals surface area contributed by atoms with E-state index in [1.165, 1.54) is 25.3 Å². The summed E-state index contributed by atoms with van der Waals surface area (Å²) in [6.07, 6.45) is 1.69. The molecule has 1 aromatic heterocycles. The first-order valence-electron chi connectivity index (χ1n) is 8.09. The van der Waals surface area contributed by atoms with Crippen molar-refractivity contribution in [1.29, 1.82) is 0 Å². The van der Waals surface area contributed by atoms with Gasteiger partial charge in [-0.3, -0.25) is 4.79 Å². The van der Waals surface area contributed by atoms with E-state index in [0.29, 0.717) is 11.4 Å². The minimum absolute atomic E-state index is 0.0589. The highest BCUT2D eigenvalue weighted by Gasteiger charge is 2.24. The van der Waals surface area contributed by atoms with E-state index in [-0.39, 0.29) is 24.6 Å². The Kier molecular flexibility index (Phi) is 6.54. The first-order chi connectivity index (χ1) is 12.5. The first-order valence-corrected chi connectivity index (χ1v) is 8.09. The van der Waals surface area contributed by atoms with Crippen LogP contribution in [0, 0.1) is 0 Å². The van der Waals surface area contributed by atoms with E-state index >= 15 is 0 Å². The number of hydrogen-bond donors (Lipinski definition) is 0. The average Bonchev–Trinajstić information content (AvgIpc) is 2.70. The molecule has 0 aliphatic heterocycles. The van der Waals surface area contributed by atoms with Gasteiger partial charge in [0.05, 0.1) is 39.8 Å². The van der Waals surface area contributed by atoms with Gasteiger partial charge in [0, 0.05) is 12.5 Å². The summed E-state index contributed by atoms with van der Waals surface area (Å²) in [5.74, 6) is 0.393. The molecule has 2 aromatic rings. The molecule has 7 nitrogen and oxygen atoms in total. The number of pyridine rings is 1. The van der Waals surface area contributed by atoms with Gasteiger partial charge in [-0.15, -0.1) is 0 Å². The van der Waals surface area contributed by atoms with Crippen molar-refractivity contribution >= 4 is 17.6 Å². The number of nitrogens with zero attached hydrogens (tertiary/aromatic N) is 2. The number of benzene rings is 1. The number of methoxy groups -OCH3 is 3. The Hall–Kier alpha value is -3.09. The van der Waals surface area contributed by atoms with Crippen molar-refractivity contribution in [3.8, 4) is 11.5 Å². The summed E-state index contributed by atoms with van der Waals surface area (Å²) in [5, 5.41) is 0. The molecule has 0 saturated heterocycles. The maximum Gasteiger partial charge on any atom is 0.358 e. The van der Waals surface area contributed by atoms with Crippen molar-refractivity contribution in [2.75, 3.05) is 26.2 Å². The van der Waals surface area contributed by atoms with Gasteiger partial charge < -0.3 is 19.1 Å². The highest BCUT2D eigenvalue weighted by molar-refractivity contribution is 6.01. The summed E-state index contributed by atoms with van der Waals surface area (Å²) in [4.78, 5) is 30.3. The highest BCUT2D eigenvalue weighted by atomic mass is 16.5. The molecule has 1 heterocycles. The van der Waals surface area contributed by atoms with Crippen LogP contribution < -0.4 is 14.4 Å². The van der Waals surface area contributed by atoms with Crippen molar-refractivity contribution in [1.82, 2.24) is 4.98 Å². The fraction of sp³-hybridized carbons (Fsp3) is 0.316. The lowest BCUT2D eigenvalue weighted by atomic mass is 10.1. The van der Waals surface area contributed by atoms with Gasteiger partial charge in [0.25, 0.3) is 0 Å². The van der Waals surface area contributed by atoms with Crippen LogP contribution in [0.25, 0.3) is 0 Å². The number of carbonyl (C=O) groups excluding carboxylic acids is 2. The molecule has 0 radical (unpaired) electrons. The van der Waals surface area contributed by atoms with Gasteiger partial charge in [0.1, 0.15) is 11.5 Å². The van der Waals surface area contributed by atoms with Crippen molar-refractivity contribution in [2.45, 2.75) is 19.9 Å². The lowest BCUT2D eigenvalue weighted by molar-refractivity contribution is -0.118. The van der Waals surface area contributed by atoms with E-state index in [9.17, 15) is 9.59 Å². The maximum absolute atomic E-state index is 12.6. The van der Waals surface area contributed by atoms with Crippen LogP contribution in [0.1, 0.15) is 29.4 Å². The topological polar surface area (TPSA) is 78.0 Å². The molecule has 26 heavy (non-hydrogen) atoms. The SMILES string of the molecule is CCC(=O)N(Cc1ccc(OC)cc1)c1cc(OC)cnc1C(=O)OC. The molecule has 0 bridgehead atoms. The summed E-state index contributed by atoms with van der Waals surface area (Å²) in [5.41, 5.74) is 1.29. The van der Waals surface area contributed by atoms with Crippen molar-refractivity contribution in [3.63, 3.8) is 0 Å². The minimum atomic E-state index is -0.619. The predicted molar refractivity (Wildman–Crippen MR) is 96.6 cm³/mol. The monoisotopic (exact) mass is 358 g/mol. The van der Waals surface area contributed by atoms with Gasteiger partial charge in [-0.1, -0.05) is 19.1 Å². The van der Waals surface area contributed by atoms with Crippen LogP contribution in [0.2, 0.25) is 0 Å². The summed E-state index contributed by atoms with van der Waals surface area (Å²) >= 11 is 0. The molecular formula is C19H22N2O5. The molecule has 0 fully saturated rings. The van der Waals surface area contributed by atoms with Crippen LogP contribution >= 0.6 is 0 Å². The van der Waals surface area contributed by atoms with Crippen LogP contribution in [0.3, 0.4) is 0 Å². The second-order valence-corrected chi connectivity index (χ2v) is 5.42. The molecule has 0 aliphatic carbocycles. The number of aromatic nitrogens is 1. The van der Waals surface area contributed by atoms with E-state index < -0.39 is 5.97 Å². The molecule has 0 aliphatic rings. The highest BCUT2D eigenvalue weighted by Crippen LogP contribution is 2.27. The van der Waals surface area contributed by atoms with Gasteiger partial charge in [0.2, 0.25) is 5.91 Å². The standard InChI is InChI=1S/C19H22N2O5/c1-5-17(22)21(12-13-6-8-14(24-2)9-7-13)16-10-15(25-3)11-20-18(16)19(23)26-4/h6-11H,5,12H2,1-4H3. The second kappa shape index (κ2) is 8.84. The summed E-state index contributed by atoms with van der Waals surface area (Å²) in [7, 11) is 4.36. The minimum Gasteiger partial charge on any atom is -0.497 e. The Balaban J connectivity index is 2.48. The number of ether oxygens (including phenoxy) is 3. The van der Waals surface area contributed by atoms with E-state index in [1.807, 2.05) is 24.3 Å². The molecular weight excluding hydrogens is 336 g/mol. The third-order valence-corrected chi connectivity index (χ3v) is 3.85. The third kappa shape index (κ3) is 4.30. The Morgan fingerprint density at radius 1 is 1.04 bits per heavy atom. The van der Waals surface area contributed by atoms with E-state index in [4.69, 9.17) is 14.2 Å². The van der Waals surface area contributed by atoms with Gasteiger partial charge in [-0.25, -0.2) is 9.78 Å². The number of amides is 1. The quantitative estimate of drug-likeness (QED) is 0.708. The lowest BCUT2D eigenvalue weighted by Crippen LogP contribution is -2.31. The Labute approximate surface area is 152 Å². The lowest BCUT2D eigenvalue weighted by Gasteiger charge is -2.24. The number of anilines is 1. The summed E-state index contributed by atoms with van der Waals surface area (Å²) in [6.45, 7) is 2.03. The predicted octanol–water partition coefficient (Wildman–Crippen LogP) is 2.83. The molecule has 1 amide bonds. The molecule has 0 unspecified atom stereocenters. The van der Waals surface area contributed by atoms with Crippen LogP contribution in [0.15, 0.2) is 36.5 Å². The smallest absolute Gasteiger partial charge is 0.358 e. The van der Waals surface area contributed by atoms with Crippen LogP contribution in [0.5, 0.6) is 11.5 Å². The number of esters is 1. The average molecular weight is 358 g/mol. The zero-order valence-corrected chi connectivity index (χ0v) is 15.3. The van der Waals surface area contributed by atoms with Gasteiger partial charge in [0.15, 0.2) is 5.69 Å². The van der Waals surface area contributed by atoms with Crippen LogP contribution in [-0.2, 0) is 16.1 Å². The van der Waals surface area contributed by atoms with Gasteiger partial charge in [-0.2, -0.15) is 0 Å². The van der Waals surface area contributed by atoms with Crippen LogP contribution in [-0.4, -0.2) is 38.2 Å². The first kappa shape index (κ1) is 19.2. The van der Waals surface area contributed by atoms with Crippen molar-refractivity contribution in [3.05, 3.63) is 47.8 Å². The number of carbonyl (C=O) groups is 2. The molecule has 0 saturated carbocycles. The Bertz CT molecular complexity index is 774. The third-order valence-electron chi connectivity index (χ3n) is 3.85. The molecule has 138 valence electrons. The second-order valence-electron chi connectivity index (χ2n) is 5.42. The fourth-order valence-electron chi connectivity index (χ4n) is 2.42. The van der Waals surface area contributed by atoms with Gasteiger partial charge >= 0.3 is 5.97 Å². The zero-order valence-electron chi connectivity index (χ0n) is 15.3. The molecule has 0 atom stereocenters. The number of rotatable bonds is 7. The molecule has 2 rings (SSSR count). The normalized spacial score (nSPS) is 10.2. The van der Waals surface area contributed by atoms with Crippen molar-refractivity contribution < 1.29 is 23.8 Å². The van der Waals surface area contributed by atoms with E-state index in [2.05, 4.69) is 4.98 Å².